The van der Waals surface area contributed by atoms with E-state index in [4.69, 9.17) is 28.3 Å². The molecule has 0 aliphatic rings. The third-order valence-corrected chi connectivity index (χ3v) is 2.81. The number of ketones is 1. The van der Waals surface area contributed by atoms with Gasteiger partial charge >= 0.3 is 5.97 Å². The van der Waals surface area contributed by atoms with Crippen molar-refractivity contribution in [3.63, 3.8) is 0 Å². The van der Waals surface area contributed by atoms with Gasteiger partial charge in [-0.05, 0) is 17.7 Å². The van der Waals surface area contributed by atoms with Crippen LogP contribution in [-0.4, -0.2) is 16.9 Å². The van der Waals surface area contributed by atoms with Crippen LogP contribution in [0.3, 0.4) is 0 Å². The highest BCUT2D eigenvalue weighted by atomic mass is 79.9. The van der Waals surface area contributed by atoms with Gasteiger partial charge in [-0.25, -0.2) is 4.79 Å². The van der Waals surface area contributed by atoms with Crippen molar-refractivity contribution in [1.82, 2.24) is 0 Å². The second kappa shape index (κ2) is 4.96. The lowest BCUT2D eigenvalue weighted by molar-refractivity contribution is -0.148. The van der Waals surface area contributed by atoms with E-state index in [9.17, 15) is 9.59 Å². The van der Waals surface area contributed by atoms with Gasteiger partial charge in [-0.1, -0.05) is 39.1 Å². The Balaban J connectivity index is 3.05. The van der Waals surface area contributed by atoms with E-state index in [0.717, 1.165) is 0 Å². The number of carboxylic acid groups (broad SMARTS) is 1. The van der Waals surface area contributed by atoms with Crippen molar-refractivity contribution in [2.24, 2.45) is 0 Å². The zero-order valence-electron chi connectivity index (χ0n) is 7.26. The molecule has 0 spiro atoms. The van der Waals surface area contributed by atoms with Crippen LogP contribution in [0, 0.1) is 0 Å². The zero-order chi connectivity index (χ0) is 11.6. The molecule has 0 aliphatic carbocycles. The fraction of sp³-hybridized carbons (Fsp3) is 0.111. The van der Waals surface area contributed by atoms with Crippen molar-refractivity contribution in [3.8, 4) is 0 Å². The van der Waals surface area contributed by atoms with Gasteiger partial charge in [0.2, 0.25) is 5.78 Å². The van der Waals surface area contributed by atoms with Gasteiger partial charge in [0.25, 0.3) is 0 Å². The molecule has 6 heteroatoms. The molecule has 0 heterocycles. The fourth-order valence-electron chi connectivity index (χ4n) is 0.977. The molecule has 0 fully saturated rings. The smallest absolute Gasteiger partial charge is 0.372 e. The van der Waals surface area contributed by atoms with Crippen LogP contribution >= 0.6 is 39.1 Å². The Morgan fingerprint density at radius 1 is 1.27 bits per heavy atom. The first-order valence-electron chi connectivity index (χ1n) is 3.81. The molecule has 1 aromatic carbocycles. The standard InChI is InChI=1S/C9H5BrCl2O3/c10-4-1-6(11)5(7(12)2-4)3-8(13)9(14)15/h1-2H,3H2,(H,14,15). The van der Waals surface area contributed by atoms with E-state index in [1.54, 1.807) is 12.1 Å². The molecule has 0 bridgehead atoms. The minimum atomic E-state index is -1.50. The monoisotopic (exact) mass is 310 g/mol. The molecular weight excluding hydrogens is 307 g/mol. The summed E-state index contributed by atoms with van der Waals surface area (Å²) in [5.41, 5.74) is 0.328. The quantitative estimate of drug-likeness (QED) is 0.873. The molecule has 15 heavy (non-hydrogen) atoms. The highest BCUT2D eigenvalue weighted by Crippen LogP contribution is 2.29. The summed E-state index contributed by atoms with van der Waals surface area (Å²) in [5.74, 6) is -2.44. The molecule has 80 valence electrons. The van der Waals surface area contributed by atoms with E-state index >= 15 is 0 Å². The average molecular weight is 312 g/mol. The predicted molar refractivity (Wildman–Crippen MR) is 60.5 cm³/mol. The van der Waals surface area contributed by atoms with Gasteiger partial charge in [0, 0.05) is 20.9 Å². The number of halogens is 3. The number of Topliss-reactive ketones (excluding diaryl/α,β-unsaturated/α-hetero) is 1. The molecule has 0 unspecified atom stereocenters. The Labute approximate surface area is 104 Å². The number of carboxylic acids is 1. The van der Waals surface area contributed by atoms with Crippen molar-refractivity contribution >= 4 is 50.9 Å². The number of carbonyl (C=O) groups excluding carboxylic acids is 1. The average Bonchev–Trinajstić information content (AvgIpc) is 2.10. The topological polar surface area (TPSA) is 54.4 Å². The summed E-state index contributed by atoms with van der Waals surface area (Å²) in [6, 6.07) is 3.11. The number of rotatable bonds is 3. The van der Waals surface area contributed by atoms with E-state index in [1.807, 2.05) is 0 Å². The lowest BCUT2D eigenvalue weighted by Gasteiger charge is -2.05. The summed E-state index contributed by atoms with van der Waals surface area (Å²) in [5, 5.41) is 8.97. The van der Waals surface area contributed by atoms with E-state index < -0.39 is 11.8 Å². The Morgan fingerprint density at radius 3 is 2.13 bits per heavy atom. The number of carbonyl (C=O) groups is 2. The summed E-state index contributed by atoms with van der Waals surface area (Å²) < 4.78 is 0.670. The molecule has 0 saturated carbocycles. The van der Waals surface area contributed by atoms with Crippen LogP contribution in [0.1, 0.15) is 5.56 Å². The largest absolute Gasteiger partial charge is 0.475 e. The number of benzene rings is 1. The lowest BCUT2D eigenvalue weighted by atomic mass is 10.1. The third kappa shape index (κ3) is 3.19. The van der Waals surface area contributed by atoms with Crippen LogP contribution in [0.2, 0.25) is 10.0 Å². The van der Waals surface area contributed by atoms with Crippen molar-refractivity contribution in [2.45, 2.75) is 6.42 Å². The summed E-state index contributed by atoms with van der Waals surface area (Å²) in [6.45, 7) is 0. The minimum Gasteiger partial charge on any atom is -0.475 e. The SMILES string of the molecule is O=C(O)C(=O)Cc1c(Cl)cc(Br)cc1Cl. The van der Waals surface area contributed by atoms with Gasteiger partial charge in [-0.15, -0.1) is 0 Å². The van der Waals surface area contributed by atoms with E-state index in [0.29, 0.717) is 10.0 Å². The highest BCUT2D eigenvalue weighted by molar-refractivity contribution is 9.10. The number of aliphatic carboxylic acids is 1. The van der Waals surface area contributed by atoms with Crippen molar-refractivity contribution in [2.75, 3.05) is 0 Å². The van der Waals surface area contributed by atoms with Gasteiger partial charge in [0.1, 0.15) is 0 Å². The molecule has 1 rings (SSSR count). The van der Waals surface area contributed by atoms with Crippen LogP contribution < -0.4 is 0 Å². The molecule has 0 atom stereocenters. The maximum atomic E-state index is 11.0. The second-order valence-electron chi connectivity index (χ2n) is 2.75. The molecular formula is C9H5BrCl2O3. The molecule has 3 nitrogen and oxygen atoms in total. The fourth-order valence-corrected chi connectivity index (χ4v) is 2.32. The van der Waals surface area contributed by atoms with Crippen molar-refractivity contribution in [3.05, 3.63) is 32.2 Å². The van der Waals surface area contributed by atoms with Crippen LogP contribution in [0.5, 0.6) is 0 Å². The van der Waals surface area contributed by atoms with Gasteiger partial charge in [-0.2, -0.15) is 0 Å². The molecule has 1 aromatic rings. The van der Waals surface area contributed by atoms with Crippen LogP contribution in [0.15, 0.2) is 16.6 Å². The number of hydrogen-bond donors (Lipinski definition) is 1. The Hall–Kier alpha value is -0.580. The van der Waals surface area contributed by atoms with Gasteiger partial charge in [0.15, 0.2) is 0 Å². The Bertz CT molecular complexity index is 408. The van der Waals surface area contributed by atoms with Gasteiger partial charge < -0.3 is 5.11 Å². The maximum absolute atomic E-state index is 11.0. The lowest BCUT2D eigenvalue weighted by Crippen LogP contribution is -2.15. The first kappa shape index (κ1) is 12.5. The van der Waals surface area contributed by atoms with E-state index in [2.05, 4.69) is 15.9 Å². The number of hydrogen-bond acceptors (Lipinski definition) is 2. The summed E-state index contributed by atoms with van der Waals surface area (Å²) in [4.78, 5) is 21.3. The first-order chi connectivity index (χ1) is 6.91. The molecule has 1 N–H and O–H groups in total. The molecule has 0 saturated heterocycles. The predicted octanol–water partition coefficient (Wildman–Crippen LogP) is 2.95. The molecule has 0 amide bonds. The molecule has 0 aromatic heterocycles. The minimum absolute atomic E-state index is 0.268. The van der Waals surface area contributed by atoms with Crippen LogP contribution in [-0.2, 0) is 16.0 Å². The maximum Gasteiger partial charge on any atom is 0.372 e. The zero-order valence-corrected chi connectivity index (χ0v) is 10.4. The second-order valence-corrected chi connectivity index (χ2v) is 4.48. The Morgan fingerprint density at radius 2 is 1.73 bits per heavy atom. The van der Waals surface area contributed by atoms with E-state index in [1.165, 1.54) is 0 Å². The third-order valence-electron chi connectivity index (χ3n) is 1.68. The Kier molecular flexibility index (Phi) is 4.13. The normalized spacial score (nSPS) is 10.1. The molecule has 0 radical (unpaired) electrons. The summed E-state index contributed by atoms with van der Waals surface area (Å²) >= 11 is 14.8. The molecule has 0 aliphatic heterocycles. The van der Waals surface area contributed by atoms with E-state index in [-0.39, 0.29) is 16.5 Å². The van der Waals surface area contributed by atoms with Gasteiger partial charge in [-0.3, -0.25) is 4.79 Å². The van der Waals surface area contributed by atoms with Crippen molar-refractivity contribution in [1.29, 1.82) is 0 Å². The summed E-state index contributed by atoms with van der Waals surface area (Å²) in [6.07, 6.45) is -0.305. The summed E-state index contributed by atoms with van der Waals surface area (Å²) in [7, 11) is 0. The van der Waals surface area contributed by atoms with Crippen LogP contribution in [0.4, 0.5) is 0 Å². The van der Waals surface area contributed by atoms with Gasteiger partial charge in [0.05, 0.1) is 0 Å². The highest BCUT2D eigenvalue weighted by Gasteiger charge is 2.17. The first-order valence-corrected chi connectivity index (χ1v) is 5.36. The van der Waals surface area contributed by atoms with Crippen LogP contribution in [0.25, 0.3) is 0 Å². The van der Waals surface area contributed by atoms with Crippen molar-refractivity contribution < 1.29 is 14.7 Å².